The van der Waals surface area contributed by atoms with Crippen LogP contribution in [0.15, 0.2) is 22.7 Å². The van der Waals surface area contributed by atoms with Crippen molar-refractivity contribution in [1.82, 2.24) is 5.01 Å². The van der Waals surface area contributed by atoms with Crippen molar-refractivity contribution in [3.63, 3.8) is 0 Å². The highest BCUT2D eigenvalue weighted by Crippen LogP contribution is 2.32. The summed E-state index contributed by atoms with van der Waals surface area (Å²) in [5.41, 5.74) is 2.33. The summed E-state index contributed by atoms with van der Waals surface area (Å²) in [6, 6.07) is 6.18. The van der Waals surface area contributed by atoms with Crippen LogP contribution in [0.1, 0.15) is 5.56 Å². The number of rotatable bonds is 0. The van der Waals surface area contributed by atoms with Gasteiger partial charge in [0.05, 0.1) is 5.69 Å². The molecule has 3 heteroatoms. The molecule has 0 unspecified atom stereocenters. The lowest BCUT2D eigenvalue weighted by atomic mass is 10.2. The quantitative estimate of drug-likeness (QED) is 0.667. The molecule has 0 saturated heterocycles. The van der Waals surface area contributed by atoms with Crippen molar-refractivity contribution in [1.29, 1.82) is 0 Å². The second-order valence-electron chi connectivity index (χ2n) is 2.82. The number of hydrogen-bond acceptors (Lipinski definition) is 2. The zero-order valence-electron chi connectivity index (χ0n) is 7.00. The first-order valence-corrected chi connectivity index (χ1v) is 4.51. The summed E-state index contributed by atoms with van der Waals surface area (Å²) in [6.45, 7) is 3.22. The SMILES string of the molecule is CN1[C]c2cc(Br)ccc2N1C. The fourth-order valence-electron chi connectivity index (χ4n) is 1.29. The van der Waals surface area contributed by atoms with E-state index in [-0.39, 0.29) is 0 Å². The number of fused-ring (bicyclic) bond motifs is 1. The van der Waals surface area contributed by atoms with Crippen molar-refractivity contribution in [3.05, 3.63) is 34.8 Å². The van der Waals surface area contributed by atoms with Gasteiger partial charge in [0.25, 0.3) is 0 Å². The summed E-state index contributed by atoms with van der Waals surface area (Å²) >= 11 is 3.43. The molecule has 0 saturated carbocycles. The van der Waals surface area contributed by atoms with E-state index >= 15 is 0 Å². The Morgan fingerprint density at radius 1 is 1.33 bits per heavy atom. The molecule has 0 N–H and O–H groups in total. The van der Waals surface area contributed by atoms with E-state index in [2.05, 4.69) is 39.6 Å². The van der Waals surface area contributed by atoms with Gasteiger partial charge in [0.1, 0.15) is 6.54 Å². The molecule has 0 amide bonds. The Morgan fingerprint density at radius 2 is 2.08 bits per heavy atom. The second-order valence-corrected chi connectivity index (χ2v) is 3.74. The highest BCUT2D eigenvalue weighted by Gasteiger charge is 2.21. The number of benzene rings is 1. The van der Waals surface area contributed by atoms with Crippen LogP contribution in [0.4, 0.5) is 5.69 Å². The molecule has 12 heavy (non-hydrogen) atoms. The normalized spacial score (nSPS) is 16.8. The van der Waals surface area contributed by atoms with Gasteiger partial charge >= 0.3 is 0 Å². The van der Waals surface area contributed by atoms with Gasteiger partial charge in [-0.25, -0.2) is 5.01 Å². The predicted octanol–water partition coefficient (Wildman–Crippen LogP) is 2.13. The highest BCUT2D eigenvalue weighted by molar-refractivity contribution is 9.10. The van der Waals surface area contributed by atoms with Gasteiger partial charge in [0.2, 0.25) is 0 Å². The minimum atomic E-state index is 1.09. The minimum absolute atomic E-state index is 1.09. The average Bonchev–Trinajstić information content (AvgIpc) is 2.28. The molecule has 0 bridgehead atoms. The third kappa shape index (κ3) is 1.13. The molecule has 1 heterocycles. The molecule has 0 aromatic heterocycles. The van der Waals surface area contributed by atoms with Crippen LogP contribution >= 0.6 is 15.9 Å². The van der Waals surface area contributed by atoms with Crippen molar-refractivity contribution >= 4 is 21.6 Å². The van der Waals surface area contributed by atoms with Crippen molar-refractivity contribution in [2.45, 2.75) is 0 Å². The minimum Gasteiger partial charge on any atom is -0.308 e. The molecule has 1 aliphatic heterocycles. The van der Waals surface area contributed by atoms with E-state index < -0.39 is 0 Å². The Balaban J connectivity index is 2.47. The first-order valence-electron chi connectivity index (χ1n) is 3.72. The number of nitrogens with zero attached hydrogens (tertiary/aromatic N) is 2. The maximum absolute atomic E-state index is 3.43. The van der Waals surface area contributed by atoms with Crippen LogP contribution in [0.2, 0.25) is 0 Å². The van der Waals surface area contributed by atoms with E-state index in [9.17, 15) is 0 Å². The molecule has 0 spiro atoms. The third-order valence-electron chi connectivity index (χ3n) is 2.04. The Labute approximate surface area is 80.9 Å². The molecular formula is C9H9BrN2. The van der Waals surface area contributed by atoms with E-state index in [1.54, 1.807) is 0 Å². The van der Waals surface area contributed by atoms with Crippen LogP contribution in [0.5, 0.6) is 0 Å². The Morgan fingerprint density at radius 3 is 2.83 bits per heavy atom. The van der Waals surface area contributed by atoms with Crippen molar-refractivity contribution in [2.75, 3.05) is 19.1 Å². The molecule has 0 atom stereocenters. The Kier molecular flexibility index (Phi) is 1.85. The highest BCUT2D eigenvalue weighted by atomic mass is 79.9. The Bertz CT molecular complexity index is 311. The topological polar surface area (TPSA) is 6.48 Å². The maximum atomic E-state index is 3.43. The van der Waals surface area contributed by atoms with Gasteiger partial charge < -0.3 is 5.01 Å². The standard InChI is InChI=1S/C9H9BrN2/c1-11-6-7-5-8(10)3-4-9(7)12(11)2/h3-5H,1-2H3. The fraction of sp³-hybridized carbons (Fsp3) is 0.222. The van der Waals surface area contributed by atoms with Crippen molar-refractivity contribution in [3.8, 4) is 0 Å². The van der Waals surface area contributed by atoms with Crippen LogP contribution in [-0.4, -0.2) is 19.1 Å². The summed E-state index contributed by atoms with van der Waals surface area (Å²) in [7, 11) is 4.00. The Hall–Kier alpha value is -0.540. The summed E-state index contributed by atoms with van der Waals surface area (Å²) in [5, 5.41) is 4.00. The van der Waals surface area contributed by atoms with Gasteiger partial charge in [-0.3, -0.25) is 0 Å². The smallest absolute Gasteiger partial charge is 0.120 e. The summed E-state index contributed by atoms with van der Waals surface area (Å²) in [4.78, 5) is 0. The van der Waals surface area contributed by atoms with E-state index in [4.69, 9.17) is 0 Å². The molecule has 2 rings (SSSR count). The van der Waals surface area contributed by atoms with Gasteiger partial charge in [-0.2, -0.15) is 0 Å². The molecule has 1 aromatic rings. The summed E-state index contributed by atoms with van der Waals surface area (Å²) in [5.74, 6) is 0. The van der Waals surface area contributed by atoms with E-state index in [1.165, 1.54) is 5.69 Å². The number of anilines is 1. The monoisotopic (exact) mass is 224 g/mol. The predicted molar refractivity (Wildman–Crippen MR) is 52.7 cm³/mol. The van der Waals surface area contributed by atoms with Crippen LogP contribution in [0.25, 0.3) is 0 Å². The van der Waals surface area contributed by atoms with Crippen LogP contribution in [0, 0.1) is 6.54 Å². The first kappa shape index (κ1) is 8.08. The summed E-state index contributed by atoms with van der Waals surface area (Å²) < 4.78 is 1.09. The summed E-state index contributed by atoms with van der Waals surface area (Å²) in [6.07, 6.45) is 0. The molecule has 62 valence electrons. The van der Waals surface area contributed by atoms with Crippen LogP contribution in [0.3, 0.4) is 0 Å². The molecule has 1 aromatic carbocycles. The van der Waals surface area contributed by atoms with Crippen molar-refractivity contribution in [2.24, 2.45) is 0 Å². The van der Waals surface area contributed by atoms with Gasteiger partial charge in [-0.15, -0.1) is 0 Å². The molecular weight excluding hydrogens is 216 g/mol. The lowest BCUT2D eigenvalue weighted by Crippen LogP contribution is -2.28. The zero-order valence-corrected chi connectivity index (χ0v) is 8.59. The number of hydrogen-bond donors (Lipinski definition) is 0. The first-order chi connectivity index (χ1) is 5.68. The lowest BCUT2D eigenvalue weighted by molar-refractivity contribution is 0.432. The second kappa shape index (κ2) is 2.75. The van der Waals surface area contributed by atoms with E-state index in [0.717, 1.165) is 10.0 Å². The zero-order chi connectivity index (χ0) is 8.72. The lowest BCUT2D eigenvalue weighted by Gasteiger charge is -2.20. The van der Waals surface area contributed by atoms with Gasteiger partial charge in [-0.05, 0) is 18.2 Å². The van der Waals surface area contributed by atoms with E-state index in [0.29, 0.717) is 0 Å². The molecule has 2 radical (unpaired) electrons. The maximum Gasteiger partial charge on any atom is 0.120 e. The van der Waals surface area contributed by atoms with Crippen LogP contribution in [-0.2, 0) is 0 Å². The largest absolute Gasteiger partial charge is 0.308 e. The number of hydrazine groups is 1. The van der Waals surface area contributed by atoms with Gasteiger partial charge in [0, 0.05) is 24.1 Å². The van der Waals surface area contributed by atoms with Crippen molar-refractivity contribution < 1.29 is 0 Å². The fourth-order valence-corrected chi connectivity index (χ4v) is 1.65. The van der Waals surface area contributed by atoms with Crippen LogP contribution < -0.4 is 5.01 Å². The third-order valence-corrected chi connectivity index (χ3v) is 2.53. The van der Waals surface area contributed by atoms with E-state index in [1.807, 2.05) is 25.2 Å². The van der Waals surface area contributed by atoms with Gasteiger partial charge in [-0.1, -0.05) is 15.9 Å². The molecule has 0 aliphatic carbocycles. The molecule has 0 fully saturated rings. The average molecular weight is 225 g/mol. The van der Waals surface area contributed by atoms with Gasteiger partial charge in [0.15, 0.2) is 0 Å². The number of halogens is 1. The molecule has 1 aliphatic rings. The molecule has 2 nitrogen and oxygen atoms in total.